The Morgan fingerprint density at radius 1 is 1.04 bits per heavy atom. The Morgan fingerprint density at radius 2 is 1.71 bits per heavy atom. The van der Waals surface area contributed by atoms with Crippen molar-refractivity contribution >= 4 is 11.9 Å². The summed E-state index contributed by atoms with van der Waals surface area (Å²) in [7, 11) is 0. The maximum Gasteiger partial charge on any atom is 0.326 e. The number of carbonyl (C=O) groups excluding carboxylic acids is 1. The summed E-state index contributed by atoms with van der Waals surface area (Å²) in [5, 5.41) is 21.7. The van der Waals surface area contributed by atoms with Crippen LogP contribution >= 0.6 is 0 Å². The van der Waals surface area contributed by atoms with Gasteiger partial charge >= 0.3 is 5.97 Å². The van der Waals surface area contributed by atoms with Gasteiger partial charge in [-0.2, -0.15) is 0 Å². The highest BCUT2D eigenvalue weighted by molar-refractivity contribution is 5.86. The third-order valence-electron chi connectivity index (χ3n) is 4.20. The van der Waals surface area contributed by atoms with Crippen LogP contribution in [-0.2, 0) is 22.6 Å². The number of benzene rings is 2. The van der Waals surface area contributed by atoms with Crippen molar-refractivity contribution in [3.8, 4) is 5.75 Å². The Bertz CT molecular complexity index is 776. The Kier molecular flexibility index (Phi) is 8.02. The second kappa shape index (κ2) is 10.5. The molecule has 1 amide bonds. The summed E-state index contributed by atoms with van der Waals surface area (Å²) >= 11 is 0. The van der Waals surface area contributed by atoms with Gasteiger partial charge in [0.05, 0.1) is 0 Å². The molecular formula is C22H27NO5. The molecule has 0 radical (unpaired) electrons. The summed E-state index contributed by atoms with van der Waals surface area (Å²) in [4.78, 5) is 23.6. The van der Waals surface area contributed by atoms with Gasteiger partial charge in [-0.25, -0.2) is 4.79 Å². The first kappa shape index (κ1) is 21.4. The van der Waals surface area contributed by atoms with E-state index in [0.717, 1.165) is 11.1 Å². The Morgan fingerprint density at radius 3 is 2.36 bits per heavy atom. The predicted molar refractivity (Wildman–Crippen MR) is 106 cm³/mol. The number of carboxylic acids is 1. The lowest BCUT2D eigenvalue weighted by Crippen LogP contribution is -2.46. The number of aliphatic hydroxyl groups is 1. The van der Waals surface area contributed by atoms with Gasteiger partial charge in [0.1, 0.15) is 24.5 Å². The number of aliphatic hydroxyl groups excluding tert-OH is 1. The molecule has 0 aliphatic rings. The molecule has 2 aromatic carbocycles. The van der Waals surface area contributed by atoms with E-state index in [1.165, 1.54) is 0 Å². The monoisotopic (exact) mass is 385 g/mol. The smallest absolute Gasteiger partial charge is 0.326 e. The molecule has 0 aliphatic carbocycles. The van der Waals surface area contributed by atoms with Gasteiger partial charge in [0, 0.05) is 6.42 Å². The third kappa shape index (κ3) is 7.04. The Labute approximate surface area is 165 Å². The van der Waals surface area contributed by atoms with Gasteiger partial charge in [0.15, 0.2) is 0 Å². The molecule has 0 spiro atoms. The van der Waals surface area contributed by atoms with E-state index in [2.05, 4.69) is 5.32 Å². The van der Waals surface area contributed by atoms with E-state index < -0.39 is 24.0 Å². The molecule has 2 rings (SSSR count). The molecule has 0 unspecified atom stereocenters. The summed E-state index contributed by atoms with van der Waals surface area (Å²) < 4.78 is 5.76. The number of nitrogens with one attached hydrogen (secondary N) is 1. The molecule has 3 N–H and O–H groups in total. The van der Waals surface area contributed by atoms with Crippen LogP contribution in [0.3, 0.4) is 0 Å². The SMILES string of the molecule is CC(C)C[C@H](O)C(=O)N[C@@H](Cc1cccc(OCc2ccccc2)c1)C(=O)O. The summed E-state index contributed by atoms with van der Waals surface area (Å²) in [5.74, 6) is -1.07. The number of rotatable bonds is 10. The van der Waals surface area contributed by atoms with Gasteiger partial charge in [0.2, 0.25) is 5.91 Å². The van der Waals surface area contributed by atoms with Crippen molar-refractivity contribution in [2.75, 3.05) is 0 Å². The minimum atomic E-state index is -1.22. The maximum atomic E-state index is 12.1. The topological polar surface area (TPSA) is 95.9 Å². The molecule has 28 heavy (non-hydrogen) atoms. The average molecular weight is 385 g/mol. The van der Waals surface area contributed by atoms with E-state index in [4.69, 9.17) is 4.74 Å². The molecule has 0 fully saturated rings. The highest BCUT2D eigenvalue weighted by Crippen LogP contribution is 2.17. The van der Waals surface area contributed by atoms with Crippen molar-refractivity contribution in [1.29, 1.82) is 0 Å². The fourth-order valence-electron chi connectivity index (χ4n) is 2.76. The van der Waals surface area contributed by atoms with E-state index in [1.54, 1.807) is 24.3 Å². The maximum absolute atomic E-state index is 12.1. The van der Waals surface area contributed by atoms with Crippen molar-refractivity contribution < 1.29 is 24.5 Å². The molecule has 2 aromatic rings. The molecule has 6 heteroatoms. The van der Waals surface area contributed by atoms with Crippen LogP contribution in [0.5, 0.6) is 5.75 Å². The zero-order chi connectivity index (χ0) is 20.5. The Hall–Kier alpha value is -2.86. The second-order valence-corrected chi connectivity index (χ2v) is 7.17. The number of amides is 1. The number of carbonyl (C=O) groups is 2. The largest absolute Gasteiger partial charge is 0.489 e. The van der Waals surface area contributed by atoms with Crippen LogP contribution in [0.25, 0.3) is 0 Å². The summed E-state index contributed by atoms with van der Waals surface area (Å²) in [6.45, 7) is 4.17. The van der Waals surface area contributed by atoms with E-state index >= 15 is 0 Å². The van der Waals surface area contributed by atoms with Crippen LogP contribution in [0.15, 0.2) is 54.6 Å². The van der Waals surface area contributed by atoms with Crippen LogP contribution in [0.1, 0.15) is 31.4 Å². The number of ether oxygens (including phenoxy) is 1. The quantitative estimate of drug-likeness (QED) is 0.584. The van der Waals surface area contributed by atoms with Crippen molar-refractivity contribution in [1.82, 2.24) is 5.32 Å². The van der Waals surface area contributed by atoms with Gasteiger partial charge in [-0.3, -0.25) is 4.79 Å². The molecule has 2 atom stereocenters. The predicted octanol–water partition coefficient (Wildman–Crippen LogP) is 2.78. The first-order valence-electron chi connectivity index (χ1n) is 9.32. The van der Waals surface area contributed by atoms with Gasteiger partial charge in [-0.1, -0.05) is 56.3 Å². The van der Waals surface area contributed by atoms with Gasteiger partial charge in [-0.15, -0.1) is 0 Å². The number of hydrogen-bond donors (Lipinski definition) is 3. The molecule has 0 bridgehead atoms. The first-order chi connectivity index (χ1) is 13.3. The fraction of sp³-hybridized carbons (Fsp3) is 0.364. The van der Waals surface area contributed by atoms with Crippen molar-refractivity contribution in [2.24, 2.45) is 5.92 Å². The molecule has 0 saturated carbocycles. The first-order valence-corrected chi connectivity index (χ1v) is 9.32. The van der Waals surface area contributed by atoms with Crippen molar-refractivity contribution in [3.63, 3.8) is 0 Å². The standard InChI is InChI=1S/C22H27NO5/c1-15(2)11-20(24)21(25)23-19(22(26)27)13-17-9-6-10-18(12-17)28-14-16-7-4-3-5-8-16/h3-10,12,15,19-20,24H,11,13-14H2,1-2H3,(H,23,25)(H,26,27)/t19-,20-/m0/s1. The number of carboxylic acid groups (broad SMARTS) is 1. The molecule has 0 heterocycles. The van der Waals surface area contributed by atoms with Crippen molar-refractivity contribution in [2.45, 2.75) is 45.4 Å². The van der Waals surface area contributed by atoms with Crippen LogP contribution in [0.4, 0.5) is 0 Å². The Balaban J connectivity index is 1.98. The zero-order valence-electron chi connectivity index (χ0n) is 16.2. The van der Waals surface area contributed by atoms with Gasteiger partial charge in [0.25, 0.3) is 0 Å². The highest BCUT2D eigenvalue weighted by Gasteiger charge is 2.24. The van der Waals surface area contributed by atoms with Gasteiger partial charge in [-0.05, 0) is 35.6 Å². The summed E-state index contributed by atoms with van der Waals surface area (Å²) in [6, 6.07) is 15.7. The van der Waals surface area contributed by atoms with Crippen LogP contribution in [-0.4, -0.2) is 34.2 Å². The minimum Gasteiger partial charge on any atom is -0.489 e. The minimum absolute atomic E-state index is 0.0952. The molecular weight excluding hydrogens is 358 g/mol. The molecule has 150 valence electrons. The normalized spacial score (nSPS) is 13.0. The van der Waals surface area contributed by atoms with Crippen molar-refractivity contribution in [3.05, 3.63) is 65.7 Å². The van der Waals surface area contributed by atoms with Crippen LogP contribution in [0, 0.1) is 5.92 Å². The van der Waals surface area contributed by atoms with Crippen LogP contribution < -0.4 is 10.1 Å². The molecule has 0 aromatic heterocycles. The van der Waals surface area contributed by atoms with E-state index in [0.29, 0.717) is 12.4 Å². The number of hydrogen-bond acceptors (Lipinski definition) is 4. The average Bonchev–Trinajstić information content (AvgIpc) is 2.66. The van der Waals surface area contributed by atoms with Crippen LogP contribution in [0.2, 0.25) is 0 Å². The lowest BCUT2D eigenvalue weighted by Gasteiger charge is -2.18. The second-order valence-electron chi connectivity index (χ2n) is 7.17. The van der Waals surface area contributed by atoms with E-state index in [-0.39, 0.29) is 18.8 Å². The zero-order valence-corrected chi connectivity index (χ0v) is 16.2. The lowest BCUT2D eigenvalue weighted by molar-refractivity contribution is -0.143. The lowest BCUT2D eigenvalue weighted by atomic mass is 10.0. The fourth-order valence-corrected chi connectivity index (χ4v) is 2.76. The van der Waals surface area contributed by atoms with E-state index in [1.807, 2.05) is 44.2 Å². The number of aliphatic carboxylic acids is 1. The molecule has 6 nitrogen and oxygen atoms in total. The van der Waals surface area contributed by atoms with E-state index in [9.17, 15) is 19.8 Å². The summed E-state index contributed by atoms with van der Waals surface area (Å²) in [6.07, 6.45) is -0.846. The van der Waals surface area contributed by atoms with Gasteiger partial charge < -0.3 is 20.3 Å². The summed E-state index contributed by atoms with van der Waals surface area (Å²) in [5.41, 5.74) is 1.75. The molecule has 0 aliphatic heterocycles. The third-order valence-corrected chi connectivity index (χ3v) is 4.20. The highest BCUT2D eigenvalue weighted by atomic mass is 16.5. The molecule has 0 saturated heterocycles.